The first-order chi connectivity index (χ1) is 10.1. The van der Waals surface area contributed by atoms with Crippen LogP contribution in [0, 0.1) is 3.57 Å². The average Bonchev–Trinajstić information content (AvgIpc) is 2.48. The fourth-order valence-corrected chi connectivity index (χ4v) is 5.81. The van der Waals surface area contributed by atoms with E-state index in [1.165, 1.54) is 13.8 Å². The molecule has 4 nitrogen and oxygen atoms in total. The Morgan fingerprint density at radius 3 is 1.90 bits per heavy atom. The molecule has 0 aliphatic rings. The molecular formula is C16H16INO3. The molecule has 2 aromatic carbocycles. The van der Waals surface area contributed by atoms with Gasteiger partial charge in [0.25, 0.3) is 0 Å². The van der Waals surface area contributed by atoms with Crippen LogP contribution in [0.15, 0.2) is 60.7 Å². The molecule has 0 radical (unpaired) electrons. The minimum absolute atomic E-state index is 0.128. The molecule has 2 aromatic rings. The van der Waals surface area contributed by atoms with Gasteiger partial charge in [0.2, 0.25) is 0 Å². The van der Waals surface area contributed by atoms with Gasteiger partial charge in [0.15, 0.2) is 0 Å². The van der Waals surface area contributed by atoms with Gasteiger partial charge in [-0.15, -0.1) is 0 Å². The first-order valence-electron chi connectivity index (χ1n) is 6.39. The first kappa shape index (κ1) is 15.5. The van der Waals surface area contributed by atoms with Gasteiger partial charge in [-0.3, -0.25) is 0 Å². The van der Waals surface area contributed by atoms with Crippen molar-refractivity contribution in [2.24, 2.45) is 0 Å². The molecule has 0 aromatic heterocycles. The first-order valence-corrected chi connectivity index (χ1v) is 9.32. The molecule has 5 heteroatoms. The topological polar surface area (TPSA) is 46.6 Å². The minimum atomic E-state index is -2.63. The van der Waals surface area contributed by atoms with E-state index in [0.29, 0.717) is 0 Å². The van der Waals surface area contributed by atoms with Crippen LogP contribution in [0.5, 0.6) is 0 Å². The Hall–Kier alpha value is -1.89. The fraction of sp³-hybridized carbons (Fsp3) is 0.125. The molecule has 21 heavy (non-hydrogen) atoms. The van der Waals surface area contributed by atoms with Crippen LogP contribution in [-0.2, 0) is 12.7 Å². The van der Waals surface area contributed by atoms with E-state index >= 15 is 0 Å². The molecule has 0 bridgehead atoms. The maximum atomic E-state index is 12.1. The third-order valence-electron chi connectivity index (χ3n) is 2.51. The molecule has 2 rings (SSSR count). The predicted molar refractivity (Wildman–Crippen MR) is 90.5 cm³/mol. The van der Waals surface area contributed by atoms with Gasteiger partial charge in [0.1, 0.15) is 0 Å². The van der Waals surface area contributed by atoms with Gasteiger partial charge in [0.05, 0.1) is 0 Å². The number of nitrogens with zero attached hydrogens (tertiary/aromatic N) is 1. The second-order valence-electron chi connectivity index (χ2n) is 4.23. The van der Waals surface area contributed by atoms with Crippen LogP contribution in [0.2, 0.25) is 0 Å². The Labute approximate surface area is 132 Å². The molecule has 0 saturated heterocycles. The zero-order chi connectivity index (χ0) is 15.2. The SMILES string of the molecule is CC(=O)OI(c1ccccc1)N(C(C)=O)c1ccccc1. The number of anilines is 1. The van der Waals surface area contributed by atoms with Gasteiger partial charge in [-0.25, -0.2) is 0 Å². The zero-order valence-electron chi connectivity index (χ0n) is 11.8. The third kappa shape index (κ3) is 4.04. The van der Waals surface area contributed by atoms with Crippen molar-refractivity contribution < 1.29 is 12.7 Å². The standard InChI is InChI=1S/C16H16INO3/c1-13(19)18(16-11-7-4-8-12-16)17(21-14(2)20)15-9-5-3-6-10-15/h3-12H,1-2H3. The molecule has 0 aliphatic heterocycles. The van der Waals surface area contributed by atoms with Crippen molar-refractivity contribution >= 4 is 38.1 Å². The summed E-state index contributed by atoms with van der Waals surface area (Å²) in [7, 11) is 0. The van der Waals surface area contributed by atoms with E-state index in [2.05, 4.69) is 0 Å². The van der Waals surface area contributed by atoms with E-state index in [1.807, 2.05) is 60.7 Å². The maximum absolute atomic E-state index is 12.1. The summed E-state index contributed by atoms with van der Waals surface area (Å²) in [6.07, 6.45) is 0. The summed E-state index contributed by atoms with van der Waals surface area (Å²) in [5, 5.41) is 0. The molecule has 0 fully saturated rings. The van der Waals surface area contributed by atoms with Crippen molar-refractivity contribution in [3.8, 4) is 0 Å². The normalized spacial score (nSPS) is 10.7. The summed E-state index contributed by atoms with van der Waals surface area (Å²) in [6.45, 7) is 2.86. The molecule has 0 spiro atoms. The van der Waals surface area contributed by atoms with Crippen LogP contribution in [0.25, 0.3) is 0 Å². The van der Waals surface area contributed by atoms with Crippen LogP contribution in [0.4, 0.5) is 5.69 Å². The summed E-state index contributed by atoms with van der Waals surface area (Å²) >= 11 is -2.63. The van der Waals surface area contributed by atoms with E-state index in [1.54, 1.807) is 3.11 Å². The fourth-order valence-electron chi connectivity index (χ4n) is 1.74. The Balaban J connectivity index is 2.46. The molecule has 0 unspecified atom stereocenters. The van der Waals surface area contributed by atoms with Crippen LogP contribution < -0.4 is 3.11 Å². The van der Waals surface area contributed by atoms with Gasteiger partial charge in [0, 0.05) is 0 Å². The van der Waals surface area contributed by atoms with E-state index in [0.717, 1.165) is 9.26 Å². The van der Waals surface area contributed by atoms with Gasteiger partial charge in [-0.2, -0.15) is 0 Å². The van der Waals surface area contributed by atoms with Crippen molar-refractivity contribution in [2.75, 3.05) is 3.11 Å². The van der Waals surface area contributed by atoms with E-state index in [-0.39, 0.29) is 11.9 Å². The Kier molecular flexibility index (Phi) is 5.32. The molecule has 0 saturated carbocycles. The number of halogens is 1. The second-order valence-corrected chi connectivity index (χ2v) is 8.20. The van der Waals surface area contributed by atoms with Crippen LogP contribution in [-0.4, -0.2) is 11.9 Å². The number of para-hydroxylation sites is 1. The number of hydrogen-bond acceptors (Lipinski definition) is 3. The van der Waals surface area contributed by atoms with Gasteiger partial charge >= 0.3 is 132 Å². The molecule has 0 aliphatic carbocycles. The Morgan fingerprint density at radius 2 is 1.43 bits per heavy atom. The molecular weight excluding hydrogens is 381 g/mol. The van der Waals surface area contributed by atoms with Crippen molar-refractivity contribution in [2.45, 2.75) is 13.8 Å². The zero-order valence-corrected chi connectivity index (χ0v) is 14.0. The number of amides is 1. The van der Waals surface area contributed by atoms with Gasteiger partial charge < -0.3 is 0 Å². The summed E-state index contributed by atoms with van der Waals surface area (Å²) in [4.78, 5) is 23.6. The average molecular weight is 397 g/mol. The van der Waals surface area contributed by atoms with Crippen molar-refractivity contribution in [1.29, 1.82) is 0 Å². The van der Waals surface area contributed by atoms with Crippen molar-refractivity contribution in [3.63, 3.8) is 0 Å². The van der Waals surface area contributed by atoms with E-state index < -0.39 is 20.5 Å². The number of hydrogen-bond donors (Lipinski definition) is 0. The number of benzene rings is 2. The van der Waals surface area contributed by atoms with Crippen LogP contribution in [0.3, 0.4) is 0 Å². The summed E-state index contributed by atoms with van der Waals surface area (Å²) in [5.74, 6) is -0.497. The van der Waals surface area contributed by atoms with E-state index in [4.69, 9.17) is 3.07 Å². The summed E-state index contributed by atoms with van der Waals surface area (Å²) < 4.78 is 8.06. The Bertz CT molecular complexity index is 616. The second kappa shape index (κ2) is 7.21. The Morgan fingerprint density at radius 1 is 0.905 bits per heavy atom. The molecule has 0 atom stereocenters. The summed E-state index contributed by atoms with van der Waals surface area (Å²) in [5.41, 5.74) is 0.750. The van der Waals surface area contributed by atoms with E-state index in [9.17, 15) is 9.59 Å². The molecule has 0 heterocycles. The molecule has 0 N–H and O–H groups in total. The number of carbonyl (C=O) groups excluding carboxylic acids is 2. The van der Waals surface area contributed by atoms with Crippen LogP contribution >= 0.6 is 20.5 Å². The number of carbonyl (C=O) groups is 2. The quantitative estimate of drug-likeness (QED) is 0.583. The molecule has 110 valence electrons. The summed E-state index contributed by atoms with van der Waals surface area (Å²) in [6, 6.07) is 18.7. The van der Waals surface area contributed by atoms with Gasteiger partial charge in [-0.1, -0.05) is 0 Å². The monoisotopic (exact) mass is 397 g/mol. The number of rotatable bonds is 4. The van der Waals surface area contributed by atoms with Crippen LogP contribution in [0.1, 0.15) is 13.8 Å². The predicted octanol–water partition coefficient (Wildman–Crippen LogP) is 3.81. The van der Waals surface area contributed by atoms with Crippen molar-refractivity contribution in [1.82, 2.24) is 0 Å². The van der Waals surface area contributed by atoms with Crippen molar-refractivity contribution in [3.05, 3.63) is 64.2 Å². The molecule has 1 amide bonds. The van der Waals surface area contributed by atoms with Gasteiger partial charge in [-0.05, 0) is 0 Å². The third-order valence-corrected chi connectivity index (χ3v) is 7.45.